The van der Waals surface area contributed by atoms with Gasteiger partial charge in [-0.1, -0.05) is 30.3 Å². The van der Waals surface area contributed by atoms with E-state index >= 15 is 0 Å². The first-order chi connectivity index (χ1) is 9.33. The minimum Gasteiger partial charge on any atom is -0.394 e. The highest BCUT2D eigenvalue weighted by molar-refractivity contribution is 7.90. The molecule has 0 saturated heterocycles. The van der Waals surface area contributed by atoms with E-state index in [1.807, 2.05) is 6.07 Å². The summed E-state index contributed by atoms with van der Waals surface area (Å²) in [6, 6.07) is 7.53. The van der Waals surface area contributed by atoms with Crippen LogP contribution in [0, 0.1) is 0 Å². The highest BCUT2D eigenvalue weighted by atomic mass is 32.2. The Balaban J connectivity index is 2.59. The molecule has 1 rings (SSSR count). The van der Waals surface area contributed by atoms with Crippen LogP contribution in [0.25, 0.3) is 0 Å². The molecule has 0 bridgehead atoms. The number of sulfone groups is 1. The molecule has 20 heavy (non-hydrogen) atoms. The summed E-state index contributed by atoms with van der Waals surface area (Å²) in [5.41, 5.74) is 6.41. The van der Waals surface area contributed by atoms with Gasteiger partial charge in [-0.25, -0.2) is 8.42 Å². The first-order valence-corrected chi connectivity index (χ1v) is 8.29. The smallest absolute Gasteiger partial charge is 0.237 e. The number of nitrogens with one attached hydrogen (secondary N) is 1. The standard InChI is InChI=1S/C13H20N2O4S/c1-20(18,19)8-7-11(14)13(17)15-12(9-16)10-5-3-2-4-6-10/h2-6,11-12,16H,7-9,14H2,1H3,(H,15,17). The van der Waals surface area contributed by atoms with Gasteiger partial charge in [0.05, 0.1) is 24.4 Å². The molecule has 0 aliphatic heterocycles. The number of amides is 1. The molecule has 0 radical (unpaired) electrons. The Morgan fingerprint density at radius 2 is 1.95 bits per heavy atom. The summed E-state index contributed by atoms with van der Waals surface area (Å²) in [7, 11) is -3.15. The van der Waals surface area contributed by atoms with Crippen molar-refractivity contribution in [2.75, 3.05) is 18.6 Å². The van der Waals surface area contributed by atoms with Crippen LogP contribution in [0.15, 0.2) is 30.3 Å². The van der Waals surface area contributed by atoms with E-state index < -0.39 is 27.8 Å². The van der Waals surface area contributed by atoms with Crippen LogP contribution in [0.5, 0.6) is 0 Å². The van der Waals surface area contributed by atoms with E-state index in [9.17, 15) is 18.3 Å². The number of carbonyl (C=O) groups excluding carboxylic acids is 1. The van der Waals surface area contributed by atoms with Gasteiger partial charge in [-0.2, -0.15) is 0 Å². The summed E-state index contributed by atoms with van der Waals surface area (Å²) in [5, 5.41) is 11.9. The second kappa shape index (κ2) is 7.37. The maximum absolute atomic E-state index is 11.9. The van der Waals surface area contributed by atoms with Crippen LogP contribution in [-0.4, -0.2) is 44.1 Å². The Kier molecular flexibility index (Phi) is 6.12. The van der Waals surface area contributed by atoms with Crippen molar-refractivity contribution in [3.63, 3.8) is 0 Å². The van der Waals surface area contributed by atoms with Crippen LogP contribution in [0.1, 0.15) is 18.0 Å². The van der Waals surface area contributed by atoms with E-state index in [2.05, 4.69) is 5.32 Å². The van der Waals surface area contributed by atoms with E-state index in [1.54, 1.807) is 24.3 Å². The Hall–Kier alpha value is -1.44. The number of aliphatic hydroxyl groups excluding tert-OH is 1. The molecule has 2 atom stereocenters. The molecular weight excluding hydrogens is 280 g/mol. The molecule has 0 saturated carbocycles. The molecule has 7 heteroatoms. The molecule has 112 valence electrons. The van der Waals surface area contributed by atoms with Gasteiger partial charge in [0.2, 0.25) is 5.91 Å². The fourth-order valence-electron chi connectivity index (χ4n) is 1.67. The fraction of sp³-hybridized carbons (Fsp3) is 0.462. The van der Waals surface area contributed by atoms with Gasteiger partial charge >= 0.3 is 0 Å². The van der Waals surface area contributed by atoms with E-state index in [0.717, 1.165) is 11.8 Å². The molecule has 6 nitrogen and oxygen atoms in total. The topological polar surface area (TPSA) is 109 Å². The van der Waals surface area contributed by atoms with Gasteiger partial charge in [0.15, 0.2) is 0 Å². The maximum Gasteiger partial charge on any atom is 0.237 e. The van der Waals surface area contributed by atoms with Crippen molar-refractivity contribution in [1.29, 1.82) is 0 Å². The van der Waals surface area contributed by atoms with Crippen molar-refractivity contribution in [2.24, 2.45) is 5.73 Å². The Morgan fingerprint density at radius 1 is 1.35 bits per heavy atom. The third-order valence-corrected chi connectivity index (χ3v) is 3.81. The van der Waals surface area contributed by atoms with E-state index in [4.69, 9.17) is 5.73 Å². The summed E-state index contributed by atoms with van der Waals surface area (Å²) >= 11 is 0. The largest absolute Gasteiger partial charge is 0.394 e. The number of benzene rings is 1. The fourth-order valence-corrected chi connectivity index (χ4v) is 2.35. The molecule has 1 aromatic rings. The first-order valence-electron chi connectivity index (χ1n) is 6.23. The monoisotopic (exact) mass is 300 g/mol. The summed E-state index contributed by atoms with van der Waals surface area (Å²) in [5.74, 6) is -0.618. The lowest BCUT2D eigenvalue weighted by Crippen LogP contribution is -2.43. The number of rotatable bonds is 7. The molecule has 0 aromatic heterocycles. The van der Waals surface area contributed by atoms with Gasteiger partial charge in [-0.15, -0.1) is 0 Å². The third kappa shape index (κ3) is 5.68. The summed E-state index contributed by atoms with van der Waals surface area (Å²) in [4.78, 5) is 11.9. The minimum absolute atomic E-state index is 0.0532. The summed E-state index contributed by atoms with van der Waals surface area (Å²) in [6.07, 6.45) is 1.15. The van der Waals surface area contributed by atoms with Crippen LogP contribution >= 0.6 is 0 Å². The summed E-state index contributed by atoms with van der Waals surface area (Å²) < 4.78 is 22.1. The van der Waals surface area contributed by atoms with Crippen LogP contribution in [0.3, 0.4) is 0 Å². The molecule has 4 N–H and O–H groups in total. The number of hydrogen-bond acceptors (Lipinski definition) is 5. The molecule has 0 heterocycles. The van der Waals surface area contributed by atoms with Crippen LogP contribution < -0.4 is 11.1 Å². The van der Waals surface area contributed by atoms with Crippen molar-refractivity contribution < 1.29 is 18.3 Å². The summed E-state index contributed by atoms with van der Waals surface area (Å²) in [6.45, 7) is -0.255. The molecule has 0 aliphatic rings. The van der Waals surface area contributed by atoms with Crippen LogP contribution in [0.2, 0.25) is 0 Å². The molecule has 0 fully saturated rings. The lowest BCUT2D eigenvalue weighted by Gasteiger charge is -2.19. The van der Waals surface area contributed by atoms with Crippen molar-refractivity contribution in [2.45, 2.75) is 18.5 Å². The van der Waals surface area contributed by atoms with E-state index in [-0.39, 0.29) is 18.8 Å². The molecular formula is C13H20N2O4S. The van der Waals surface area contributed by atoms with Crippen molar-refractivity contribution in [3.8, 4) is 0 Å². The van der Waals surface area contributed by atoms with Gasteiger partial charge in [0.1, 0.15) is 9.84 Å². The van der Waals surface area contributed by atoms with Crippen LogP contribution in [-0.2, 0) is 14.6 Å². The highest BCUT2D eigenvalue weighted by Crippen LogP contribution is 2.11. The molecule has 1 aromatic carbocycles. The zero-order valence-corrected chi connectivity index (χ0v) is 12.1. The molecule has 0 aliphatic carbocycles. The maximum atomic E-state index is 11.9. The Morgan fingerprint density at radius 3 is 2.45 bits per heavy atom. The van der Waals surface area contributed by atoms with Gasteiger partial charge in [-0.3, -0.25) is 4.79 Å². The average Bonchev–Trinajstić information content (AvgIpc) is 2.42. The van der Waals surface area contributed by atoms with Gasteiger partial charge in [-0.05, 0) is 12.0 Å². The third-order valence-electron chi connectivity index (χ3n) is 2.84. The normalized spacial score (nSPS) is 14.6. The van der Waals surface area contributed by atoms with Crippen molar-refractivity contribution >= 4 is 15.7 Å². The van der Waals surface area contributed by atoms with Crippen molar-refractivity contribution in [1.82, 2.24) is 5.32 Å². The molecule has 2 unspecified atom stereocenters. The zero-order valence-electron chi connectivity index (χ0n) is 11.3. The quantitative estimate of drug-likeness (QED) is 0.634. The second-order valence-corrected chi connectivity index (χ2v) is 6.94. The molecule has 0 spiro atoms. The predicted molar refractivity (Wildman–Crippen MR) is 76.7 cm³/mol. The highest BCUT2D eigenvalue weighted by Gasteiger charge is 2.20. The van der Waals surface area contributed by atoms with Gasteiger partial charge in [0.25, 0.3) is 0 Å². The number of nitrogens with two attached hydrogens (primary N) is 1. The second-order valence-electron chi connectivity index (χ2n) is 4.68. The van der Waals surface area contributed by atoms with Gasteiger partial charge in [0, 0.05) is 6.26 Å². The zero-order chi connectivity index (χ0) is 15.2. The van der Waals surface area contributed by atoms with Crippen LogP contribution in [0.4, 0.5) is 0 Å². The van der Waals surface area contributed by atoms with Crippen molar-refractivity contribution in [3.05, 3.63) is 35.9 Å². The number of hydrogen-bond donors (Lipinski definition) is 3. The Bertz CT molecular complexity index is 531. The predicted octanol–water partition coefficient (Wildman–Crippen LogP) is -0.402. The van der Waals surface area contributed by atoms with E-state index in [1.165, 1.54) is 0 Å². The lowest BCUT2D eigenvalue weighted by molar-refractivity contribution is -0.123. The Labute approximate surface area is 118 Å². The molecule has 1 amide bonds. The first kappa shape index (κ1) is 16.6. The average molecular weight is 300 g/mol. The number of carbonyl (C=O) groups is 1. The lowest BCUT2D eigenvalue weighted by atomic mass is 10.1. The number of aliphatic hydroxyl groups is 1. The van der Waals surface area contributed by atoms with E-state index in [0.29, 0.717) is 0 Å². The minimum atomic E-state index is -3.15. The SMILES string of the molecule is CS(=O)(=O)CCC(N)C(=O)NC(CO)c1ccccc1. The van der Waals surface area contributed by atoms with Gasteiger partial charge < -0.3 is 16.2 Å².